The molecule has 8 unspecified atom stereocenters. The van der Waals surface area contributed by atoms with Crippen molar-refractivity contribution in [3.63, 3.8) is 0 Å². The van der Waals surface area contributed by atoms with E-state index >= 15 is 0 Å². The molecule has 4 aliphatic carbocycles. The van der Waals surface area contributed by atoms with Gasteiger partial charge < -0.3 is 14.8 Å². The fourth-order valence-corrected chi connectivity index (χ4v) is 10.4. The Morgan fingerprint density at radius 1 is 1.09 bits per heavy atom. The monoisotopic (exact) mass is 595 g/mol. The van der Waals surface area contributed by atoms with Crippen LogP contribution in [-0.2, 0) is 23.9 Å². The van der Waals surface area contributed by atoms with Gasteiger partial charge in [0.15, 0.2) is 5.78 Å². The molecule has 6 nitrogen and oxygen atoms in total. The van der Waals surface area contributed by atoms with Crippen LogP contribution in [0.15, 0.2) is 22.9 Å². The molecule has 4 rings (SSSR count). The summed E-state index contributed by atoms with van der Waals surface area (Å²) >= 11 is 0. The standard InChI is InChI=1S/C37H57NO5/c1-23(2)32-28(41)20-37(30(38-9)15-19-39)18-14-27-26(33(32)37)10-11-29-35(7,24(3)12-16-36(27,29)8)17-13-25(4)43-31(42)21-34(5,6)22-40/h15,19,22-27,29,38H,10-14,16-18,20-21H2,1-9H3/b30-15-. The van der Waals surface area contributed by atoms with Crippen LogP contribution in [0.1, 0.15) is 120 Å². The minimum absolute atomic E-state index is 0.105. The van der Waals surface area contributed by atoms with E-state index in [4.69, 9.17) is 4.74 Å². The van der Waals surface area contributed by atoms with Gasteiger partial charge in [0, 0.05) is 30.0 Å². The minimum atomic E-state index is -0.704. The second kappa shape index (κ2) is 12.3. The van der Waals surface area contributed by atoms with Crippen molar-refractivity contribution in [2.75, 3.05) is 7.05 Å². The number of nitrogens with one attached hydrogen (secondary N) is 1. The average Bonchev–Trinajstić information content (AvgIpc) is 3.25. The van der Waals surface area contributed by atoms with Crippen molar-refractivity contribution in [1.29, 1.82) is 0 Å². The lowest BCUT2D eigenvalue weighted by Crippen LogP contribution is -2.57. The van der Waals surface area contributed by atoms with Gasteiger partial charge >= 0.3 is 5.97 Å². The lowest BCUT2D eigenvalue weighted by molar-refractivity contribution is -0.155. The van der Waals surface area contributed by atoms with E-state index in [1.54, 1.807) is 19.9 Å². The highest BCUT2D eigenvalue weighted by Gasteiger charge is 2.63. The molecular weight excluding hydrogens is 538 g/mol. The summed E-state index contributed by atoms with van der Waals surface area (Å²) in [5.41, 5.74) is 2.51. The van der Waals surface area contributed by atoms with Crippen molar-refractivity contribution in [1.82, 2.24) is 5.32 Å². The predicted octanol–water partition coefficient (Wildman–Crippen LogP) is 7.41. The number of fused-ring (bicyclic) bond motifs is 5. The van der Waals surface area contributed by atoms with Crippen LogP contribution in [0.2, 0.25) is 0 Å². The SMILES string of the molecule is CN/C(=C\C=O)C12CCC3C(CCC4C(C)(CCC(C)OC(=O)CC(C)(C)C=O)C(C)CCC34C)C1=C(C(C)C)C(=O)C2. The number of Topliss-reactive ketones (excluding diaryl/α,β-unsaturated/α-hetero) is 1. The highest BCUT2D eigenvalue weighted by Crippen LogP contribution is 2.70. The molecule has 3 fully saturated rings. The molecule has 0 bridgehead atoms. The van der Waals surface area contributed by atoms with Gasteiger partial charge in [-0.2, -0.15) is 0 Å². The summed E-state index contributed by atoms with van der Waals surface area (Å²) < 4.78 is 5.79. The summed E-state index contributed by atoms with van der Waals surface area (Å²) in [6.07, 6.45) is 12.2. The molecule has 0 aromatic heterocycles. The highest BCUT2D eigenvalue weighted by molar-refractivity contribution is 6.01. The molecule has 0 aliphatic heterocycles. The maximum Gasteiger partial charge on any atom is 0.307 e. The summed E-state index contributed by atoms with van der Waals surface area (Å²) in [6.45, 7) is 17.3. The van der Waals surface area contributed by atoms with Gasteiger partial charge in [-0.05, 0) is 116 Å². The number of hydrogen-bond donors (Lipinski definition) is 1. The molecule has 1 N–H and O–H groups in total. The number of rotatable bonds is 11. The predicted molar refractivity (Wildman–Crippen MR) is 170 cm³/mol. The fraction of sp³-hybridized carbons (Fsp3) is 0.784. The number of ether oxygens (including phenoxy) is 1. The zero-order valence-electron chi connectivity index (χ0n) is 28.3. The van der Waals surface area contributed by atoms with E-state index in [1.807, 2.05) is 14.0 Å². The molecule has 0 aromatic carbocycles. The van der Waals surface area contributed by atoms with Crippen molar-refractivity contribution in [2.45, 2.75) is 126 Å². The summed E-state index contributed by atoms with van der Waals surface area (Å²) in [4.78, 5) is 49.2. The summed E-state index contributed by atoms with van der Waals surface area (Å²) in [5, 5.41) is 3.34. The second-order valence-electron chi connectivity index (χ2n) is 16.1. The Hall–Kier alpha value is -2.24. The maximum absolute atomic E-state index is 13.7. The third-order valence-electron chi connectivity index (χ3n) is 12.7. The fourth-order valence-electron chi connectivity index (χ4n) is 10.4. The summed E-state index contributed by atoms with van der Waals surface area (Å²) in [7, 11) is 1.89. The highest BCUT2D eigenvalue weighted by atomic mass is 16.5. The summed E-state index contributed by atoms with van der Waals surface area (Å²) in [5.74, 6) is 2.15. The number of aldehydes is 2. The van der Waals surface area contributed by atoms with Gasteiger partial charge in [0.05, 0.1) is 12.5 Å². The first-order chi connectivity index (χ1) is 20.1. The van der Waals surface area contributed by atoms with Crippen LogP contribution < -0.4 is 5.32 Å². The Kier molecular flexibility index (Phi) is 9.61. The van der Waals surface area contributed by atoms with Crippen molar-refractivity contribution >= 4 is 24.3 Å². The van der Waals surface area contributed by atoms with Gasteiger partial charge in [0.1, 0.15) is 12.6 Å². The first-order valence-corrected chi connectivity index (χ1v) is 16.9. The van der Waals surface area contributed by atoms with E-state index in [0.29, 0.717) is 30.1 Å². The minimum Gasteiger partial charge on any atom is -0.463 e. The number of carbonyl (C=O) groups is 4. The van der Waals surface area contributed by atoms with E-state index < -0.39 is 5.41 Å². The summed E-state index contributed by atoms with van der Waals surface area (Å²) in [6, 6.07) is 0. The van der Waals surface area contributed by atoms with Gasteiger partial charge in [-0.1, -0.05) is 48.5 Å². The number of ketones is 1. The third-order valence-corrected chi connectivity index (χ3v) is 12.7. The molecule has 0 aromatic rings. The van der Waals surface area contributed by atoms with Gasteiger partial charge in [0.2, 0.25) is 0 Å². The van der Waals surface area contributed by atoms with Gasteiger partial charge in [-0.3, -0.25) is 14.4 Å². The number of esters is 1. The number of carbonyl (C=O) groups excluding carboxylic acids is 4. The molecule has 0 radical (unpaired) electrons. The Bertz CT molecular complexity index is 1180. The molecule has 3 saturated carbocycles. The van der Waals surface area contributed by atoms with Crippen molar-refractivity contribution in [3.05, 3.63) is 22.9 Å². The molecule has 0 saturated heterocycles. The molecule has 6 heteroatoms. The molecule has 240 valence electrons. The lowest BCUT2D eigenvalue weighted by atomic mass is 9.40. The largest absolute Gasteiger partial charge is 0.463 e. The van der Waals surface area contributed by atoms with Gasteiger partial charge in [0.25, 0.3) is 0 Å². The van der Waals surface area contributed by atoms with Crippen molar-refractivity contribution in [3.8, 4) is 0 Å². The normalized spacial score (nSPS) is 36.9. The Morgan fingerprint density at radius 2 is 1.79 bits per heavy atom. The van der Waals surface area contributed by atoms with Crippen LogP contribution >= 0.6 is 0 Å². The Balaban J connectivity index is 1.61. The molecule has 8 atom stereocenters. The second-order valence-corrected chi connectivity index (χ2v) is 16.1. The van der Waals surface area contributed by atoms with Crippen LogP contribution in [-0.4, -0.2) is 37.5 Å². The first-order valence-electron chi connectivity index (χ1n) is 16.9. The Morgan fingerprint density at radius 3 is 2.40 bits per heavy atom. The van der Waals surface area contributed by atoms with Crippen LogP contribution in [0.3, 0.4) is 0 Å². The molecule has 0 heterocycles. The zero-order valence-corrected chi connectivity index (χ0v) is 28.3. The molecular formula is C37H57NO5. The van der Waals surface area contributed by atoms with Gasteiger partial charge in [-0.15, -0.1) is 0 Å². The smallest absolute Gasteiger partial charge is 0.307 e. The van der Waals surface area contributed by atoms with Crippen LogP contribution in [0.25, 0.3) is 0 Å². The van der Waals surface area contributed by atoms with E-state index in [-0.39, 0.29) is 46.4 Å². The van der Waals surface area contributed by atoms with E-state index in [0.717, 1.165) is 62.4 Å². The third kappa shape index (κ3) is 5.81. The van der Waals surface area contributed by atoms with Crippen molar-refractivity contribution in [2.24, 2.45) is 51.2 Å². The van der Waals surface area contributed by atoms with Crippen LogP contribution in [0.4, 0.5) is 0 Å². The molecule has 0 spiro atoms. The molecule has 0 amide bonds. The first kappa shape index (κ1) is 33.6. The van der Waals surface area contributed by atoms with E-state index in [2.05, 4.69) is 39.9 Å². The van der Waals surface area contributed by atoms with Gasteiger partial charge in [-0.25, -0.2) is 0 Å². The molecule has 4 aliphatic rings. The molecule has 43 heavy (non-hydrogen) atoms. The van der Waals surface area contributed by atoms with Crippen LogP contribution in [0.5, 0.6) is 0 Å². The lowest BCUT2D eigenvalue weighted by Gasteiger charge is -2.65. The Labute approximate surface area is 260 Å². The van der Waals surface area contributed by atoms with E-state index in [1.165, 1.54) is 18.4 Å². The zero-order chi connectivity index (χ0) is 32.0. The van der Waals surface area contributed by atoms with Crippen molar-refractivity contribution < 1.29 is 23.9 Å². The number of hydrogen-bond acceptors (Lipinski definition) is 6. The van der Waals surface area contributed by atoms with Crippen LogP contribution in [0, 0.1) is 51.2 Å². The van der Waals surface area contributed by atoms with E-state index in [9.17, 15) is 19.2 Å². The quantitative estimate of drug-likeness (QED) is 0.152. The maximum atomic E-state index is 13.7. The average molecular weight is 596 g/mol. The topological polar surface area (TPSA) is 89.5 Å². The number of allylic oxidation sites excluding steroid dienone is 3.